The van der Waals surface area contributed by atoms with Gasteiger partial charge in [0.15, 0.2) is 0 Å². The maximum absolute atomic E-state index is 12.9. The van der Waals surface area contributed by atoms with E-state index in [1.54, 1.807) is 0 Å². The minimum absolute atomic E-state index is 0.164. The molecule has 1 heterocycles. The monoisotopic (exact) mass is 321 g/mol. The molecule has 23 heavy (non-hydrogen) atoms. The molecule has 4 fully saturated rings. The van der Waals surface area contributed by atoms with Gasteiger partial charge in [-0.2, -0.15) is 0 Å². The molecule has 0 aromatic carbocycles. The van der Waals surface area contributed by atoms with Gasteiger partial charge in [-0.15, -0.1) is 0 Å². The molecule has 2 amide bonds. The van der Waals surface area contributed by atoms with Gasteiger partial charge in [-0.3, -0.25) is 0 Å². The van der Waals surface area contributed by atoms with Crippen molar-refractivity contribution in [2.24, 2.45) is 17.8 Å². The van der Waals surface area contributed by atoms with Crippen LogP contribution >= 0.6 is 0 Å². The largest absolute Gasteiger partial charge is 0.374 e. The van der Waals surface area contributed by atoms with E-state index >= 15 is 0 Å². The van der Waals surface area contributed by atoms with Gasteiger partial charge in [-0.25, -0.2) is 4.79 Å². The van der Waals surface area contributed by atoms with Crippen molar-refractivity contribution in [1.29, 1.82) is 0 Å². The molecule has 3 aliphatic carbocycles. The van der Waals surface area contributed by atoms with E-state index in [4.69, 9.17) is 4.74 Å². The van der Waals surface area contributed by atoms with Crippen LogP contribution in [-0.4, -0.2) is 67.8 Å². The Labute approximate surface area is 139 Å². The number of carbonyl (C=O) groups is 1. The second-order valence-electron chi connectivity index (χ2n) is 8.25. The Kier molecular flexibility index (Phi) is 4.50. The van der Waals surface area contributed by atoms with Gasteiger partial charge >= 0.3 is 6.03 Å². The molecule has 4 rings (SSSR count). The third-order valence-electron chi connectivity index (χ3n) is 5.78. The Balaban J connectivity index is 1.34. The normalized spacial score (nSPS) is 28.9. The van der Waals surface area contributed by atoms with Crippen molar-refractivity contribution in [3.8, 4) is 0 Å². The lowest BCUT2D eigenvalue weighted by atomic mass is 10.1. The van der Waals surface area contributed by atoms with Gasteiger partial charge in [-0.05, 0) is 63.3 Å². The van der Waals surface area contributed by atoms with Crippen LogP contribution in [0.15, 0.2) is 0 Å². The number of likely N-dealkylation sites (N-methyl/N-ethyl adjacent to an activating group) is 1. The summed E-state index contributed by atoms with van der Waals surface area (Å²) < 4.78 is 5.89. The number of rotatable bonds is 7. The maximum Gasteiger partial charge on any atom is 0.317 e. The summed E-state index contributed by atoms with van der Waals surface area (Å²) >= 11 is 0. The Morgan fingerprint density at radius 1 is 1.17 bits per heavy atom. The lowest BCUT2D eigenvalue weighted by Crippen LogP contribution is -2.52. The van der Waals surface area contributed by atoms with Crippen molar-refractivity contribution in [2.45, 2.75) is 50.7 Å². The van der Waals surface area contributed by atoms with Crippen LogP contribution in [0.4, 0.5) is 4.79 Å². The van der Waals surface area contributed by atoms with E-state index < -0.39 is 0 Å². The summed E-state index contributed by atoms with van der Waals surface area (Å²) in [5.74, 6) is 2.24. The highest BCUT2D eigenvalue weighted by Crippen LogP contribution is 2.44. The molecule has 4 aliphatic rings. The van der Waals surface area contributed by atoms with Gasteiger partial charge in [-0.1, -0.05) is 0 Å². The van der Waals surface area contributed by atoms with Crippen molar-refractivity contribution < 1.29 is 9.53 Å². The number of carbonyl (C=O) groups excluding carboxylic acids is 1. The molecule has 0 spiro atoms. The molecule has 1 atom stereocenters. The van der Waals surface area contributed by atoms with E-state index in [0.717, 1.165) is 50.5 Å². The van der Waals surface area contributed by atoms with Crippen LogP contribution in [0.5, 0.6) is 0 Å². The van der Waals surface area contributed by atoms with E-state index in [9.17, 15) is 4.79 Å². The van der Waals surface area contributed by atoms with E-state index in [-0.39, 0.29) is 12.1 Å². The highest BCUT2D eigenvalue weighted by atomic mass is 16.5. The summed E-state index contributed by atoms with van der Waals surface area (Å²) in [4.78, 5) is 17.2. The summed E-state index contributed by atoms with van der Waals surface area (Å²) in [6.07, 6.45) is 7.95. The van der Waals surface area contributed by atoms with Gasteiger partial charge in [0.1, 0.15) is 0 Å². The first kappa shape index (κ1) is 15.7. The molecular weight excluding hydrogens is 290 g/mol. The zero-order chi connectivity index (χ0) is 15.8. The van der Waals surface area contributed by atoms with Crippen LogP contribution < -0.4 is 5.32 Å². The number of nitrogens with zero attached hydrogens (tertiary/aromatic N) is 2. The summed E-state index contributed by atoms with van der Waals surface area (Å²) in [5.41, 5.74) is 0. The molecule has 0 radical (unpaired) electrons. The molecule has 1 N–H and O–H groups in total. The molecule has 1 aliphatic heterocycles. The molecule has 1 saturated heterocycles. The van der Waals surface area contributed by atoms with E-state index in [1.165, 1.54) is 38.5 Å². The molecule has 0 aromatic heterocycles. The zero-order valence-corrected chi connectivity index (χ0v) is 14.4. The van der Waals surface area contributed by atoms with Crippen LogP contribution in [0.2, 0.25) is 0 Å². The van der Waals surface area contributed by atoms with Gasteiger partial charge in [0.2, 0.25) is 0 Å². The zero-order valence-electron chi connectivity index (χ0n) is 14.4. The third-order valence-corrected chi connectivity index (χ3v) is 5.78. The van der Waals surface area contributed by atoms with Crippen LogP contribution in [0, 0.1) is 17.8 Å². The topological polar surface area (TPSA) is 44.8 Å². The molecule has 0 aromatic rings. The minimum atomic E-state index is 0.164. The number of urea groups is 1. The Hall–Kier alpha value is -0.810. The second kappa shape index (κ2) is 6.60. The molecule has 5 nitrogen and oxygen atoms in total. The van der Waals surface area contributed by atoms with E-state index in [0.29, 0.717) is 6.04 Å². The Bertz CT molecular complexity index is 420. The second-order valence-corrected chi connectivity index (χ2v) is 8.25. The SMILES string of the molecule is CN1CCO[C@H](CN(CC2CC2)C(=O)NC(C2CC2)C2CC2)C1. The average molecular weight is 321 g/mol. The summed E-state index contributed by atoms with van der Waals surface area (Å²) in [7, 11) is 2.14. The number of nitrogens with one attached hydrogen (secondary N) is 1. The molecule has 0 bridgehead atoms. The highest BCUT2D eigenvalue weighted by Gasteiger charge is 2.43. The minimum Gasteiger partial charge on any atom is -0.374 e. The molecule has 0 unspecified atom stereocenters. The maximum atomic E-state index is 12.9. The molecule has 3 saturated carbocycles. The third kappa shape index (κ3) is 4.38. The first-order valence-electron chi connectivity index (χ1n) is 9.54. The summed E-state index contributed by atoms with van der Waals surface area (Å²) in [6, 6.07) is 0.608. The fraction of sp³-hybridized carbons (Fsp3) is 0.944. The predicted molar refractivity (Wildman–Crippen MR) is 89.3 cm³/mol. The van der Waals surface area contributed by atoms with Gasteiger partial charge in [0.05, 0.1) is 12.7 Å². The van der Waals surface area contributed by atoms with Crippen molar-refractivity contribution in [2.75, 3.05) is 39.8 Å². The summed E-state index contributed by atoms with van der Waals surface area (Å²) in [5, 5.41) is 3.39. The molecular formula is C18H31N3O2. The number of ether oxygens (including phenoxy) is 1. The fourth-order valence-electron chi connectivity index (χ4n) is 3.84. The summed E-state index contributed by atoms with van der Waals surface area (Å²) in [6.45, 7) is 4.37. The molecule has 130 valence electrons. The molecule has 5 heteroatoms. The van der Waals surface area contributed by atoms with E-state index in [1.807, 2.05) is 0 Å². The van der Waals surface area contributed by atoms with Crippen molar-refractivity contribution in [1.82, 2.24) is 15.1 Å². The highest BCUT2D eigenvalue weighted by molar-refractivity contribution is 5.74. The van der Waals surface area contributed by atoms with Gasteiger partial charge in [0.25, 0.3) is 0 Å². The predicted octanol–water partition coefficient (Wildman–Crippen LogP) is 1.93. The van der Waals surface area contributed by atoms with Crippen LogP contribution in [0.25, 0.3) is 0 Å². The standard InChI is InChI=1S/C18H31N3O2/c1-20-8-9-23-16(11-20)12-21(10-13-2-3-13)18(22)19-17(14-4-5-14)15-6-7-15/h13-17H,2-12H2,1H3,(H,19,22)/t16-/m0/s1. The number of hydrogen-bond acceptors (Lipinski definition) is 3. The number of amides is 2. The van der Waals surface area contributed by atoms with Crippen LogP contribution in [0.1, 0.15) is 38.5 Å². The van der Waals surface area contributed by atoms with Crippen molar-refractivity contribution >= 4 is 6.03 Å². The number of morpholine rings is 1. The average Bonchev–Trinajstić information content (AvgIpc) is 3.37. The lowest BCUT2D eigenvalue weighted by Gasteiger charge is -2.34. The van der Waals surface area contributed by atoms with Gasteiger partial charge in [0, 0.05) is 32.2 Å². The van der Waals surface area contributed by atoms with E-state index in [2.05, 4.69) is 22.2 Å². The van der Waals surface area contributed by atoms with Crippen molar-refractivity contribution in [3.63, 3.8) is 0 Å². The van der Waals surface area contributed by atoms with Crippen molar-refractivity contribution in [3.05, 3.63) is 0 Å². The van der Waals surface area contributed by atoms with Crippen LogP contribution in [-0.2, 0) is 4.74 Å². The van der Waals surface area contributed by atoms with Crippen LogP contribution in [0.3, 0.4) is 0 Å². The number of hydrogen-bond donors (Lipinski definition) is 1. The first-order valence-corrected chi connectivity index (χ1v) is 9.54. The Morgan fingerprint density at radius 3 is 2.43 bits per heavy atom. The first-order chi connectivity index (χ1) is 11.2. The quantitative estimate of drug-likeness (QED) is 0.779. The van der Waals surface area contributed by atoms with Gasteiger partial charge < -0.3 is 19.9 Å². The fourth-order valence-corrected chi connectivity index (χ4v) is 3.84. The Morgan fingerprint density at radius 2 is 1.87 bits per heavy atom. The lowest BCUT2D eigenvalue weighted by molar-refractivity contribution is -0.0310. The smallest absolute Gasteiger partial charge is 0.317 e.